The molecule has 3 heterocycles. The zero-order valence-electron chi connectivity index (χ0n) is 14.0. The molecule has 0 saturated heterocycles. The lowest BCUT2D eigenvalue weighted by molar-refractivity contribution is -0.123. The summed E-state index contributed by atoms with van der Waals surface area (Å²) in [5.41, 5.74) is 1.41. The van der Waals surface area contributed by atoms with E-state index in [1.54, 1.807) is 17.3 Å². The molecular weight excluding hydrogens is 320 g/mol. The molecule has 25 heavy (non-hydrogen) atoms. The van der Waals surface area contributed by atoms with Crippen LogP contribution in [0.1, 0.15) is 19.2 Å². The second-order valence-corrected chi connectivity index (χ2v) is 6.47. The molecule has 8 heteroatoms. The maximum absolute atomic E-state index is 12.9. The Bertz CT molecular complexity index is 817. The number of nitrogens with one attached hydrogen (secondary N) is 2. The molecule has 2 aliphatic heterocycles. The van der Waals surface area contributed by atoms with Crippen molar-refractivity contribution in [1.82, 2.24) is 20.1 Å². The first-order valence-electron chi connectivity index (χ1n) is 8.45. The van der Waals surface area contributed by atoms with Crippen LogP contribution in [-0.2, 0) is 22.6 Å². The highest BCUT2D eigenvalue weighted by Gasteiger charge is 2.31. The normalized spacial score (nSPS) is 20.4. The van der Waals surface area contributed by atoms with Crippen LogP contribution in [0.5, 0.6) is 0 Å². The van der Waals surface area contributed by atoms with E-state index in [1.807, 2.05) is 29.8 Å². The Hall–Kier alpha value is -2.74. The summed E-state index contributed by atoms with van der Waals surface area (Å²) in [6.07, 6.45) is 3.32. The van der Waals surface area contributed by atoms with Gasteiger partial charge in [0.05, 0.1) is 24.0 Å². The molecule has 2 atom stereocenters. The number of rotatable bonds is 3. The van der Waals surface area contributed by atoms with Crippen molar-refractivity contribution in [3.05, 3.63) is 36.4 Å². The van der Waals surface area contributed by atoms with E-state index in [2.05, 4.69) is 20.7 Å². The molecule has 0 fully saturated rings. The fraction of sp³-hybridized carbons (Fsp3) is 0.412. The van der Waals surface area contributed by atoms with Crippen molar-refractivity contribution in [2.24, 2.45) is 0 Å². The predicted molar refractivity (Wildman–Crippen MR) is 92.2 cm³/mol. The monoisotopic (exact) mass is 340 g/mol. The maximum Gasteiger partial charge on any atom is 0.244 e. The van der Waals surface area contributed by atoms with Crippen LogP contribution in [0.15, 0.2) is 30.6 Å². The Labute approximate surface area is 145 Å². The molecule has 0 bridgehead atoms. The largest absolute Gasteiger partial charge is 0.323 e. The first kappa shape index (κ1) is 15.8. The fourth-order valence-electron chi connectivity index (χ4n) is 3.46. The van der Waals surface area contributed by atoms with Crippen LogP contribution in [0.25, 0.3) is 0 Å². The minimum atomic E-state index is -0.394. The van der Waals surface area contributed by atoms with Gasteiger partial charge in [-0.25, -0.2) is 9.67 Å². The summed E-state index contributed by atoms with van der Waals surface area (Å²) in [5.74, 6) is 0.703. The van der Waals surface area contributed by atoms with Gasteiger partial charge in [-0.1, -0.05) is 12.1 Å². The van der Waals surface area contributed by atoms with Crippen LogP contribution in [0, 0.1) is 0 Å². The molecule has 1 aromatic heterocycles. The van der Waals surface area contributed by atoms with Crippen LogP contribution in [-0.4, -0.2) is 45.2 Å². The first-order chi connectivity index (χ1) is 12.1. The second-order valence-electron chi connectivity index (χ2n) is 6.47. The van der Waals surface area contributed by atoms with E-state index in [0.29, 0.717) is 12.2 Å². The van der Waals surface area contributed by atoms with Gasteiger partial charge in [0.25, 0.3) is 0 Å². The number of aromatic nitrogens is 3. The van der Waals surface area contributed by atoms with Crippen molar-refractivity contribution in [3.63, 3.8) is 0 Å². The van der Waals surface area contributed by atoms with Gasteiger partial charge in [-0.05, 0) is 25.5 Å². The van der Waals surface area contributed by atoms with Crippen molar-refractivity contribution < 1.29 is 9.59 Å². The third kappa shape index (κ3) is 3.00. The van der Waals surface area contributed by atoms with Gasteiger partial charge in [0, 0.05) is 12.5 Å². The minimum absolute atomic E-state index is 0.0414. The van der Waals surface area contributed by atoms with E-state index in [9.17, 15) is 9.59 Å². The van der Waals surface area contributed by atoms with Gasteiger partial charge in [-0.3, -0.25) is 14.5 Å². The van der Waals surface area contributed by atoms with Crippen molar-refractivity contribution in [2.75, 3.05) is 16.8 Å². The highest BCUT2D eigenvalue weighted by molar-refractivity contribution is 6.11. The molecule has 2 N–H and O–H groups in total. The fourth-order valence-corrected chi connectivity index (χ4v) is 3.46. The van der Waals surface area contributed by atoms with E-state index in [4.69, 9.17) is 0 Å². The number of aryl methyl sites for hydroxylation is 1. The highest BCUT2D eigenvalue weighted by Crippen LogP contribution is 2.29. The number of amides is 2. The van der Waals surface area contributed by atoms with Crippen molar-refractivity contribution in [1.29, 1.82) is 0 Å². The van der Waals surface area contributed by atoms with Gasteiger partial charge < -0.3 is 10.6 Å². The van der Waals surface area contributed by atoms with E-state index in [0.717, 1.165) is 24.4 Å². The molecular formula is C17H20N6O2. The molecule has 0 unspecified atom stereocenters. The Morgan fingerprint density at radius 1 is 1.40 bits per heavy atom. The number of hydrogen-bond donors (Lipinski definition) is 2. The number of carbonyl (C=O) groups excluding carboxylic acids is 2. The molecule has 2 aliphatic rings. The molecule has 2 amide bonds. The average molecular weight is 340 g/mol. The van der Waals surface area contributed by atoms with Crippen LogP contribution >= 0.6 is 0 Å². The topological polar surface area (TPSA) is 92.2 Å². The molecule has 8 nitrogen and oxygen atoms in total. The van der Waals surface area contributed by atoms with Crippen LogP contribution < -0.4 is 15.5 Å². The van der Waals surface area contributed by atoms with E-state index < -0.39 is 6.04 Å². The van der Waals surface area contributed by atoms with Crippen molar-refractivity contribution in [2.45, 2.75) is 38.4 Å². The number of benzene rings is 1. The van der Waals surface area contributed by atoms with Gasteiger partial charge >= 0.3 is 0 Å². The van der Waals surface area contributed by atoms with Crippen LogP contribution in [0.3, 0.4) is 0 Å². The molecule has 0 aliphatic carbocycles. The maximum atomic E-state index is 12.9. The Morgan fingerprint density at radius 3 is 3.12 bits per heavy atom. The number of carbonyl (C=O) groups is 2. The smallest absolute Gasteiger partial charge is 0.244 e. The summed E-state index contributed by atoms with van der Waals surface area (Å²) in [6, 6.07) is 7.12. The number of hydrogen-bond acceptors (Lipinski definition) is 5. The quantitative estimate of drug-likeness (QED) is 0.852. The predicted octanol–water partition coefficient (Wildman–Crippen LogP) is 0.556. The lowest BCUT2D eigenvalue weighted by Gasteiger charge is -2.33. The molecule has 2 aromatic rings. The van der Waals surface area contributed by atoms with Gasteiger partial charge in [-0.2, -0.15) is 5.10 Å². The first-order valence-corrected chi connectivity index (χ1v) is 8.45. The van der Waals surface area contributed by atoms with Crippen LogP contribution in [0.4, 0.5) is 11.4 Å². The molecule has 0 radical (unpaired) electrons. The number of para-hydroxylation sites is 2. The zero-order valence-corrected chi connectivity index (χ0v) is 14.0. The summed E-state index contributed by atoms with van der Waals surface area (Å²) < 4.78 is 1.88. The number of nitrogens with zero attached hydrogens (tertiary/aromatic N) is 4. The summed E-state index contributed by atoms with van der Waals surface area (Å²) in [4.78, 5) is 30.6. The molecule has 0 saturated carbocycles. The summed E-state index contributed by atoms with van der Waals surface area (Å²) in [5, 5.41) is 10.4. The summed E-state index contributed by atoms with van der Waals surface area (Å²) >= 11 is 0. The third-order valence-electron chi connectivity index (χ3n) is 4.70. The zero-order chi connectivity index (χ0) is 17.4. The molecule has 4 rings (SSSR count). The van der Waals surface area contributed by atoms with E-state index in [-0.39, 0.29) is 24.4 Å². The van der Waals surface area contributed by atoms with E-state index >= 15 is 0 Å². The highest BCUT2D eigenvalue weighted by atomic mass is 16.2. The van der Waals surface area contributed by atoms with E-state index in [1.165, 1.54) is 0 Å². The molecule has 1 aromatic carbocycles. The van der Waals surface area contributed by atoms with Crippen molar-refractivity contribution >= 4 is 23.2 Å². The summed E-state index contributed by atoms with van der Waals surface area (Å²) in [7, 11) is 0. The van der Waals surface area contributed by atoms with Gasteiger partial charge in [-0.15, -0.1) is 0 Å². The average Bonchev–Trinajstić information content (AvgIpc) is 3.08. The van der Waals surface area contributed by atoms with Gasteiger partial charge in [0.15, 0.2) is 0 Å². The Morgan fingerprint density at radius 2 is 2.24 bits per heavy atom. The lowest BCUT2D eigenvalue weighted by atomic mass is 10.1. The van der Waals surface area contributed by atoms with Gasteiger partial charge in [0.2, 0.25) is 11.8 Å². The third-order valence-corrected chi connectivity index (χ3v) is 4.70. The lowest BCUT2D eigenvalue weighted by Crippen LogP contribution is -2.53. The summed E-state index contributed by atoms with van der Waals surface area (Å²) in [6.45, 7) is 2.58. The SMILES string of the molecule is C[C@H](N[C@H]1CCc2ncnn2C1)C(=O)N1CC(=O)Nc2ccccc21. The Kier molecular flexibility index (Phi) is 3.96. The minimum Gasteiger partial charge on any atom is -0.323 e. The standard InChI is InChI=1S/C17H20N6O2/c1-11(20-12-6-7-15-18-10-19-23(15)8-12)17(25)22-9-16(24)21-13-4-2-3-5-14(13)22/h2-5,10-12,20H,6-9H2,1H3,(H,21,24)/t11-,12-/m0/s1. The number of fused-ring (bicyclic) bond motifs is 2. The number of anilines is 2. The van der Waals surface area contributed by atoms with Crippen LogP contribution in [0.2, 0.25) is 0 Å². The molecule has 0 spiro atoms. The molecule has 130 valence electrons. The van der Waals surface area contributed by atoms with Crippen molar-refractivity contribution in [3.8, 4) is 0 Å². The Balaban J connectivity index is 1.47. The van der Waals surface area contributed by atoms with Gasteiger partial charge in [0.1, 0.15) is 18.7 Å². The second kappa shape index (κ2) is 6.29.